The van der Waals surface area contributed by atoms with Crippen molar-refractivity contribution in [2.24, 2.45) is 5.92 Å². The first-order chi connectivity index (χ1) is 10.8. The number of benzene rings is 1. The number of hydrogen-bond donors (Lipinski definition) is 1. The molecule has 1 aromatic rings. The van der Waals surface area contributed by atoms with Crippen molar-refractivity contribution in [2.45, 2.75) is 12.8 Å². The van der Waals surface area contributed by atoms with Crippen LogP contribution in [0.4, 0.5) is 5.69 Å². The van der Waals surface area contributed by atoms with Crippen LogP contribution in [-0.4, -0.2) is 56.2 Å². The van der Waals surface area contributed by atoms with E-state index in [1.807, 2.05) is 0 Å². The zero-order valence-corrected chi connectivity index (χ0v) is 14.8. The molecular weight excluding hydrogens is 356 g/mol. The molecule has 2 aliphatic heterocycles. The Morgan fingerprint density at radius 2 is 1.96 bits per heavy atom. The fraction of sp³-hybridized carbons (Fsp3) is 0.467. The molecule has 0 aliphatic carbocycles. The first-order valence-electron chi connectivity index (χ1n) is 7.40. The third-order valence-corrected chi connectivity index (χ3v) is 5.58. The minimum Gasteiger partial charge on any atom is -0.481 e. The summed E-state index contributed by atoms with van der Waals surface area (Å²) in [5.74, 6) is -1.58. The molecule has 0 spiro atoms. The number of hydrogen-bond acceptors (Lipinski definition) is 4. The molecular formula is C15H19ClN2O5S. The molecule has 9 heteroatoms. The zero-order valence-electron chi connectivity index (χ0n) is 13.1. The number of amides is 1. The van der Waals surface area contributed by atoms with Crippen molar-refractivity contribution < 1.29 is 23.1 Å². The highest BCUT2D eigenvalue weighted by atomic mass is 35.5. The summed E-state index contributed by atoms with van der Waals surface area (Å²) in [4.78, 5) is 25.0. The molecule has 2 aliphatic rings. The van der Waals surface area contributed by atoms with Crippen molar-refractivity contribution in [1.29, 1.82) is 0 Å². The lowest BCUT2D eigenvalue weighted by Gasteiger charge is -2.18. The first-order valence-corrected chi connectivity index (χ1v) is 9.25. The quantitative estimate of drug-likeness (QED) is 0.850. The van der Waals surface area contributed by atoms with Crippen molar-refractivity contribution in [3.05, 3.63) is 29.3 Å². The maximum Gasteiger partial charge on any atom is 0.308 e. The lowest BCUT2D eigenvalue weighted by Crippen LogP contribution is -2.30. The lowest BCUT2D eigenvalue weighted by molar-refractivity contribution is -0.141. The summed E-state index contributed by atoms with van der Waals surface area (Å²) in [6.45, 7) is 1.04. The Morgan fingerprint density at radius 1 is 1.25 bits per heavy atom. The van der Waals surface area contributed by atoms with Crippen LogP contribution >= 0.6 is 12.4 Å². The van der Waals surface area contributed by atoms with Crippen molar-refractivity contribution in [2.75, 3.05) is 30.2 Å². The van der Waals surface area contributed by atoms with E-state index >= 15 is 0 Å². The highest BCUT2D eigenvalue weighted by molar-refractivity contribution is 7.92. The smallest absolute Gasteiger partial charge is 0.308 e. The summed E-state index contributed by atoms with van der Waals surface area (Å²) in [6, 6.07) is 4.98. The van der Waals surface area contributed by atoms with Gasteiger partial charge in [0, 0.05) is 25.2 Å². The molecule has 0 bridgehead atoms. The van der Waals surface area contributed by atoms with E-state index in [1.54, 1.807) is 23.1 Å². The second kappa shape index (κ2) is 6.60. The number of halogens is 1. The van der Waals surface area contributed by atoms with E-state index in [0.29, 0.717) is 37.2 Å². The van der Waals surface area contributed by atoms with Gasteiger partial charge in [0.2, 0.25) is 10.0 Å². The van der Waals surface area contributed by atoms with Crippen LogP contribution in [-0.2, 0) is 21.2 Å². The number of rotatable bonds is 3. The molecule has 0 aromatic heterocycles. The minimum absolute atomic E-state index is 0. The summed E-state index contributed by atoms with van der Waals surface area (Å²) in [7, 11) is -3.31. The molecule has 1 saturated heterocycles. The van der Waals surface area contributed by atoms with Crippen LogP contribution in [0.3, 0.4) is 0 Å². The van der Waals surface area contributed by atoms with Crippen molar-refractivity contribution in [3.8, 4) is 0 Å². The number of sulfonamides is 1. The Balaban J connectivity index is 0.00000208. The van der Waals surface area contributed by atoms with E-state index in [4.69, 9.17) is 5.11 Å². The van der Waals surface area contributed by atoms with Crippen molar-refractivity contribution >= 4 is 40.0 Å². The predicted octanol–water partition coefficient (Wildman–Crippen LogP) is 0.977. The molecule has 2 heterocycles. The average Bonchev–Trinajstić information content (AvgIpc) is 3.12. The van der Waals surface area contributed by atoms with Crippen LogP contribution in [0.25, 0.3) is 0 Å². The maximum absolute atomic E-state index is 12.5. The molecule has 132 valence electrons. The number of carbonyl (C=O) groups is 2. The molecule has 7 nitrogen and oxygen atoms in total. The molecule has 1 fully saturated rings. The van der Waals surface area contributed by atoms with Gasteiger partial charge in [0.25, 0.3) is 5.91 Å². The fourth-order valence-corrected chi connectivity index (χ4v) is 4.14. The molecule has 0 saturated carbocycles. The summed E-state index contributed by atoms with van der Waals surface area (Å²) in [5.41, 5.74) is 1.93. The Morgan fingerprint density at radius 3 is 2.54 bits per heavy atom. The van der Waals surface area contributed by atoms with E-state index in [-0.39, 0.29) is 24.9 Å². The SMILES string of the molecule is CS(=O)(=O)N1CCc2cc(C(=O)N3CCC(C(=O)O)C3)ccc21.Cl. The van der Waals surface area contributed by atoms with E-state index < -0.39 is 21.9 Å². The molecule has 1 N–H and O–H groups in total. The van der Waals surface area contributed by atoms with Crippen LogP contribution in [0, 0.1) is 5.92 Å². The molecule has 1 atom stereocenters. The van der Waals surface area contributed by atoms with Crippen LogP contribution in [0.2, 0.25) is 0 Å². The number of nitrogens with zero attached hydrogens (tertiary/aromatic N) is 2. The topological polar surface area (TPSA) is 95.0 Å². The number of carboxylic acid groups (broad SMARTS) is 1. The van der Waals surface area contributed by atoms with E-state index in [2.05, 4.69) is 0 Å². The van der Waals surface area contributed by atoms with Crippen LogP contribution in [0.1, 0.15) is 22.3 Å². The van der Waals surface area contributed by atoms with Gasteiger partial charge in [-0.2, -0.15) is 0 Å². The highest BCUT2D eigenvalue weighted by Crippen LogP contribution is 2.31. The molecule has 1 amide bonds. The zero-order chi connectivity index (χ0) is 16.8. The van der Waals surface area contributed by atoms with Gasteiger partial charge in [0.05, 0.1) is 17.9 Å². The van der Waals surface area contributed by atoms with Crippen LogP contribution < -0.4 is 4.31 Å². The number of anilines is 1. The number of fused-ring (bicyclic) bond motifs is 1. The third-order valence-electron chi connectivity index (χ3n) is 4.40. The standard InChI is InChI=1S/C15H18N2O5S.ClH/c1-23(21,22)17-7-5-10-8-11(2-3-13(10)17)14(18)16-6-4-12(9-16)15(19)20;/h2-3,8,12H,4-7,9H2,1H3,(H,19,20);1H. The van der Waals surface area contributed by atoms with Crippen molar-refractivity contribution in [3.63, 3.8) is 0 Å². The lowest BCUT2D eigenvalue weighted by atomic mass is 10.1. The van der Waals surface area contributed by atoms with Gasteiger partial charge in [-0.1, -0.05) is 0 Å². The second-order valence-electron chi connectivity index (χ2n) is 6.00. The van der Waals surface area contributed by atoms with Gasteiger partial charge in [-0.3, -0.25) is 13.9 Å². The third kappa shape index (κ3) is 3.34. The van der Waals surface area contributed by atoms with Gasteiger partial charge in [-0.05, 0) is 36.6 Å². The van der Waals surface area contributed by atoms with Crippen LogP contribution in [0.5, 0.6) is 0 Å². The number of carboxylic acids is 1. The molecule has 1 unspecified atom stereocenters. The number of carbonyl (C=O) groups excluding carboxylic acids is 1. The summed E-state index contributed by atoms with van der Waals surface area (Å²) in [5, 5.41) is 9.02. The maximum atomic E-state index is 12.5. The highest BCUT2D eigenvalue weighted by Gasteiger charge is 2.32. The molecule has 24 heavy (non-hydrogen) atoms. The monoisotopic (exact) mass is 374 g/mol. The second-order valence-corrected chi connectivity index (χ2v) is 7.91. The predicted molar refractivity (Wildman–Crippen MR) is 91.2 cm³/mol. The van der Waals surface area contributed by atoms with Crippen LogP contribution in [0.15, 0.2) is 18.2 Å². The Bertz CT molecular complexity index is 780. The van der Waals surface area contributed by atoms with Gasteiger partial charge in [0.1, 0.15) is 0 Å². The largest absolute Gasteiger partial charge is 0.481 e. The number of aliphatic carboxylic acids is 1. The Kier molecular flexibility index (Phi) is 5.10. The molecule has 0 radical (unpaired) electrons. The first kappa shape index (κ1) is 18.5. The Hall–Kier alpha value is -1.80. The summed E-state index contributed by atoms with van der Waals surface area (Å²) < 4.78 is 24.8. The normalized spacial score (nSPS) is 19.8. The van der Waals surface area contributed by atoms with Gasteiger partial charge < -0.3 is 10.0 Å². The summed E-state index contributed by atoms with van der Waals surface area (Å²) in [6.07, 6.45) is 2.20. The van der Waals surface area contributed by atoms with Gasteiger partial charge in [0.15, 0.2) is 0 Å². The summed E-state index contributed by atoms with van der Waals surface area (Å²) >= 11 is 0. The van der Waals surface area contributed by atoms with E-state index in [9.17, 15) is 18.0 Å². The van der Waals surface area contributed by atoms with E-state index in [0.717, 1.165) is 11.8 Å². The molecule has 3 rings (SSSR count). The minimum atomic E-state index is -3.31. The Labute approximate surface area is 146 Å². The molecule has 1 aromatic carbocycles. The van der Waals surface area contributed by atoms with E-state index in [1.165, 1.54) is 4.31 Å². The van der Waals surface area contributed by atoms with Gasteiger partial charge in [-0.15, -0.1) is 12.4 Å². The average molecular weight is 375 g/mol. The van der Waals surface area contributed by atoms with Gasteiger partial charge >= 0.3 is 5.97 Å². The van der Waals surface area contributed by atoms with Gasteiger partial charge in [-0.25, -0.2) is 8.42 Å². The number of likely N-dealkylation sites (tertiary alicyclic amines) is 1. The van der Waals surface area contributed by atoms with Crippen molar-refractivity contribution in [1.82, 2.24) is 4.90 Å². The fourth-order valence-electron chi connectivity index (χ4n) is 3.18.